The van der Waals surface area contributed by atoms with Gasteiger partial charge in [-0.3, -0.25) is 4.79 Å². The predicted molar refractivity (Wildman–Crippen MR) is 60.5 cm³/mol. The predicted octanol–water partition coefficient (Wildman–Crippen LogP) is 1.74. The van der Waals surface area contributed by atoms with Crippen LogP contribution < -0.4 is 5.32 Å². The minimum Gasteiger partial charge on any atom is -0.381 e. The average Bonchev–Trinajstić information content (AvgIpc) is 2.26. The van der Waals surface area contributed by atoms with E-state index in [1.165, 1.54) is 0 Å². The Morgan fingerprint density at radius 2 is 2.07 bits per heavy atom. The number of carbonyl (C=O) groups excluding carboxylic acids is 1. The Bertz CT molecular complexity index is 220. The lowest BCUT2D eigenvalue weighted by Crippen LogP contribution is -2.44. The molecule has 0 radical (unpaired) electrons. The number of nitrogens with one attached hydrogen (secondary N) is 1. The van der Waals surface area contributed by atoms with E-state index in [9.17, 15) is 4.79 Å². The van der Waals surface area contributed by atoms with Gasteiger partial charge in [0.05, 0.1) is 6.04 Å². The molecule has 15 heavy (non-hydrogen) atoms. The molecule has 1 unspecified atom stereocenters. The Morgan fingerprint density at radius 3 is 2.53 bits per heavy atom. The van der Waals surface area contributed by atoms with E-state index in [1.807, 2.05) is 13.8 Å². The molecule has 1 aliphatic heterocycles. The molecular formula is C12H21NO2. The van der Waals surface area contributed by atoms with Gasteiger partial charge in [0, 0.05) is 19.1 Å². The van der Waals surface area contributed by atoms with Crippen molar-refractivity contribution in [1.82, 2.24) is 5.32 Å². The van der Waals surface area contributed by atoms with E-state index in [1.54, 1.807) is 6.20 Å². The number of hydrogen-bond acceptors (Lipinski definition) is 3. The molecule has 1 N–H and O–H groups in total. The van der Waals surface area contributed by atoms with Crippen molar-refractivity contribution in [2.24, 2.45) is 11.8 Å². The van der Waals surface area contributed by atoms with Gasteiger partial charge >= 0.3 is 0 Å². The highest BCUT2D eigenvalue weighted by molar-refractivity contribution is 5.86. The number of ether oxygens (including phenoxy) is 1. The largest absolute Gasteiger partial charge is 0.381 e. The monoisotopic (exact) mass is 211 g/mol. The first-order chi connectivity index (χ1) is 7.16. The summed E-state index contributed by atoms with van der Waals surface area (Å²) in [4.78, 5) is 12.0. The maximum absolute atomic E-state index is 12.0. The van der Waals surface area contributed by atoms with Crippen LogP contribution in [0.4, 0.5) is 0 Å². The van der Waals surface area contributed by atoms with Crippen molar-refractivity contribution in [3.8, 4) is 0 Å². The van der Waals surface area contributed by atoms with Crippen LogP contribution in [-0.2, 0) is 9.53 Å². The molecule has 0 bridgehead atoms. The minimum atomic E-state index is -0.0774. The van der Waals surface area contributed by atoms with E-state index in [2.05, 4.69) is 11.9 Å². The highest BCUT2D eigenvalue weighted by Crippen LogP contribution is 2.21. The molecule has 1 fully saturated rings. The minimum absolute atomic E-state index is 0.0743. The summed E-state index contributed by atoms with van der Waals surface area (Å²) in [6.07, 6.45) is 3.55. The average molecular weight is 211 g/mol. The van der Waals surface area contributed by atoms with Crippen molar-refractivity contribution in [1.29, 1.82) is 0 Å². The zero-order valence-electron chi connectivity index (χ0n) is 9.66. The fraction of sp³-hybridized carbons (Fsp3) is 0.750. The summed E-state index contributed by atoms with van der Waals surface area (Å²) in [5.41, 5.74) is 0. The first-order valence-corrected chi connectivity index (χ1v) is 5.65. The first kappa shape index (κ1) is 12.2. The summed E-state index contributed by atoms with van der Waals surface area (Å²) in [6.45, 7) is 9.07. The van der Waals surface area contributed by atoms with Crippen LogP contribution in [0.2, 0.25) is 0 Å². The van der Waals surface area contributed by atoms with Crippen LogP contribution in [-0.4, -0.2) is 25.0 Å². The van der Waals surface area contributed by atoms with Gasteiger partial charge in [0.2, 0.25) is 0 Å². The molecule has 0 amide bonds. The molecule has 0 aliphatic carbocycles. The number of Topliss-reactive ketones (excluding diaryl/α,β-unsaturated/α-hetero) is 1. The molecule has 1 atom stereocenters. The maximum Gasteiger partial charge on any atom is 0.157 e. The van der Waals surface area contributed by atoms with Gasteiger partial charge in [-0.25, -0.2) is 0 Å². The van der Waals surface area contributed by atoms with E-state index >= 15 is 0 Å². The molecule has 3 heteroatoms. The van der Waals surface area contributed by atoms with Crippen LogP contribution in [0.25, 0.3) is 0 Å². The molecule has 1 aliphatic rings. The highest BCUT2D eigenvalue weighted by atomic mass is 16.5. The molecule has 0 aromatic heterocycles. The second-order valence-electron chi connectivity index (χ2n) is 4.36. The number of rotatable bonds is 5. The van der Waals surface area contributed by atoms with Gasteiger partial charge in [0.1, 0.15) is 0 Å². The van der Waals surface area contributed by atoms with Gasteiger partial charge in [-0.2, -0.15) is 0 Å². The van der Waals surface area contributed by atoms with Gasteiger partial charge in [-0.05, 0) is 25.0 Å². The molecule has 3 nitrogen and oxygen atoms in total. The first-order valence-electron chi connectivity index (χ1n) is 5.65. The topological polar surface area (TPSA) is 38.3 Å². The molecule has 0 aromatic rings. The summed E-state index contributed by atoms with van der Waals surface area (Å²) < 4.78 is 5.30. The lowest BCUT2D eigenvalue weighted by molar-refractivity contribution is -0.125. The molecular weight excluding hydrogens is 190 g/mol. The zero-order valence-corrected chi connectivity index (χ0v) is 9.66. The van der Waals surface area contributed by atoms with E-state index in [0.29, 0.717) is 5.92 Å². The van der Waals surface area contributed by atoms with E-state index < -0.39 is 0 Å². The van der Waals surface area contributed by atoms with Gasteiger partial charge in [0.15, 0.2) is 5.78 Å². The van der Waals surface area contributed by atoms with Crippen molar-refractivity contribution in [2.45, 2.75) is 32.7 Å². The van der Waals surface area contributed by atoms with Crippen molar-refractivity contribution in [3.63, 3.8) is 0 Å². The van der Waals surface area contributed by atoms with Gasteiger partial charge < -0.3 is 10.1 Å². The van der Waals surface area contributed by atoms with Crippen LogP contribution in [0.1, 0.15) is 26.7 Å². The standard InChI is InChI=1S/C12H21NO2/c1-4-13-11(12(14)9(2)3)10-5-7-15-8-6-10/h4,9-11,13H,1,5-8H2,2-3H3. The molecule has 1 heterocycles. The molecule has 1 rings (SSSR count). The summed E-state index contributed by atoms with van der Waals surface area (Å²) in [6, 6.07) is -0.0774. The third-order valence-electron chi connectivity index (χ3n) is 2.91. The summed E-state index contributed by atoms with van der Waals surface area (Å²) in [5.74, 6) is 0.749. The Balaban J connectivity index is 2.62. The number of ketones is 1. The Kier molecular flexibility index (Phi) is 4.82. The van der Waals surface area contributed by atoms with E-state index in [-0.39, 0.29) is 17.7 Å². The van der Waals surface area contributed by atoms with Gasteiger partial charge in [-0.15, -0.1) is 0 Å². The second-order valence-corrected chi connectivity index (χ2v) is 4.36. The lowest BCUT2D eigenvalue weighted by atomic mass is 9.85. The highest BCUT2D eigenvalue weighted by Gasteiger charge is 2.29. The molecule has 0 spiro atoms. The summed E-state index contributed by atoms with van der Waals surface area (Å²) >= 11 is 0. The maximum atomic E-state index is 12.0. The fourth-order valence-corrected chi connectivity index (χ4v) is 1.99. The molecule has 0 saturated carbocycles. The molecule has 1 saturated heterocycles. The quantitative estimate of drug-likeness (QED) is 0.752. The van der Waals surface area contributed by atoms with Crippen molar-refractivity contribution in [2.75, 3.05) is 13.2 Å². The zero-order chi connectivity index (χ0) is 11.3. The summed E-state index contributed by atoms with van der Waals surface area (Å²) in [7, 11) is 0. The van der Waals surface area contributed by atoms with Gasteiger partial charge in [0.25, 0.3) is 0 Å². The third kappa shape index (κ3) is 3.34. The van der Waals surface area contributed by atoms with Crippen LogP contribution in [0, 0.1) is 11.8 Å². The molecule has 86 valence electrons. The normalized spacial score (nSPS) is 19.9. The van der Waals surface area contributed by atoms with Crippen LogP contribution >= 0.6 is 0 Å². The SMILES string of the molecule is C=CNC(C(=O)C(C)C)C1CCOCC1. The Morgan fingerprint density at radius 1 is 1.47 bits per heavy atom. The van der Waals surface area contributed by atoms with Crippen molar-refractivity contribution >= 4 is 5.78 Å². The second kappa shape index (κ2) is 5.91. The van der Waals surface area contributed by atoms with Crippen molar-refractivity contribution in [3.05, 3.63) is 12.8 Å². The van der Waals surface area contributed by atoms with Crippen LogP contribution in [0.3, 0.4) is 0 Å². The smallest absolute Gasteiger partial charge is 0.157 e. The van der Waals surface area contributed by atoms with E-state index in [4.69, 9.17) is 4.74 Å². The van der Waals surface area contributed by atoms with Gasteiger partial charge in [-0.1, -0.05) is 20.4 Å². The Hall–Kier alpha value is -0.830. The van der Waals surface area contributed by atoms with Crippen LogP contribution in [0.5, 0.6) is 0 Å². The third-order valence-corrected chi connectivity index (χ3v) is 2.91. The van der Waals surface area contributed by atoms with Crippen LogP contribution in [0.15, 0.2) is 12.8 Å². The Labute approximate surface area is 91.9 Å². The van der Waals surface area contributed by atoms with Crippen molar-refractivity contribution < 1.29 is 9.53 Å². The number of carbonyl (C=O) groups is 1. The number of hydrogen-bond donors (Lipinski definition) is 1. The van der Waals surface area contributed by atoms with E-state index in [0.717, 1.165) is 26.1 Å². The summed E-state index contributed by atoms with van der Waals surface area (Å²) in [5, 5.41) is 3.09. The lowest BCUT2D eigenvalue weighted by Gasteiger charge is -2.30. The molecule has 0 aromatic carbocycles. The fourth-order valence-electron chi connectivity index (χ4n) is 1.99.